The lowest BCUT2D eigenvalue weighted by atomic mass is 9.76. The zero-order valence-electron chi connectivity index (χ0n) is 18.6. The molecular weight excluding hydrogens is 406 g/mol. The molecule has 0 spiro atoms. The Bertz CT molecular complexity index is 862. The average Bonchev–Trinajstić information content (AvgIpc) is 3.39. The van der Waals surface area contributed by atoms with E-state index in [2.05, 4.69) is 50.8 Å². The predicted molar refractivity (Wildman–Crippen MR) is 121 cm³/mol. The molecule has 0 aromatic heterocycles. The number of aliphatic carboxylic acids is 1. The molecule has 0 radical (unpaired) electrons. The minimum Gasteiger partial charge on any atom is -0.481 e. The van der Waals surface area contributed by atoms with Crippen molar-refractivity contribution in [2.24, 2.45) is 22.7 Å². The van der Waals surface area contributed by atoms with E-state index >= 15 is 0 Å². The van der Waals surface area contributed by atoms with E-state index in [0.717, 1.165) is 50.3 Å². The third-order valence-corrected chi connectivity index (χ3v) is 7.79. The molecule has 1 aromatic rings. The van der Waals surface area contributed by atoms with Gasteiger partial charge in [-0.2, -0.15) is 0 Å². The topological polar surface area (TPSA) is 88.2 Å². The van der Waals surface area contributed by atoms with E-state index in [1.165, 1.54) is 12.0 Å². The van der Waals surface area contributed by atoms with Crippen molar-refractivity contribution in [3.05, 3.63) is 40.8 Å². The first-order valence-electron chi connectivity index (χ1n) is 12.0. The second-order valence-electron chi connectivity index (χ2n) is 9.97. The minimum atomic E-state index is -0.894. The Morgan fingerprint density at radius 2 is 2.06 bits per heavy atom. The fourth-order valence-corrected chi connectivity index (χ4v) is 6.29. The zero-order chi connectivity index (χ0) is 22.1. The van der Waals surface area contributed by atoms with Gasteiger partial charge in [-0.25, -0.2) is 9.91 Å². The number of rotatable bonds is 6. The number of nitroso groups, excluding NO2 is 1. The zero-order valence-corrected chi connectivity index (χ0v) is 18.6. The molecule has 4 aliphatic rings. The summed E-state index contributed by atoms with van der Waals surface area (Å²) in [6.45, 7) is 5.08. The van der Waals surface area contributed by atoms with E-state index in [1.807, 2.05) is 6.07 Å². The Hall–Kier alpha value is -2.16. The number of hydrogen-bond acceptors (Lipinski definition) is 6. The molecule has 2 N–H and O–H groups in total. The van der Waals surface area contributed by atoms with Gasteiger partial charge in [-0.15, -0.1) is 0 Å². The first-order valence-corrected chi connectivity index (χ1v) is 12.0. The average molecular weight is 441 g/mol. The molecule has 1 aromatic carbocycles. The third-order valence-electron chi connectivity index (χ3n) is 7.79. The number of aliphatic imine (C=N–C) groups is 1. The lowest BCUT2D eigenvalue weighted by Crippen LogP contribution is -2.50. The number of benzene rings is 1. The van der Waals surface area contributed by atoms with Gasteiger partial charge in [-0.1, -0.05) is 30.3 Å². The minimum absolute atomic E-state index is 0.0880. The normalized spacial score (nSPS) is 35.8. The van der Waals surface area contributed by atoms with E-state index in [4.69, 9.17) is 0 Å². The monoisotopic (exact) mass is 440 g/mol. The fraction of sp³-hybridized carbons (Fsp3) is 0.667. The van der Waals surface area contributed by atoms with Gasteiger partial charge in [0.25, 0.3) is 6.17 Å². The maximum Gasteiger partial charge on any atom is 0.310 e. The molecule has 6 atom stereocenters. The maximum atomic E-state index is 13.2. The first-order chi connectivity index (χ1) is 15.6. The molecule has 0 saturated carbocycles. The molecule has 3 saturated heterocycles. The van der Waals surface area contributed by atoms with Crippen LogP contribution in [-0.2, 0) is 4.79 Å². The third kappa shape index (κ3) is 4.49. The number of piperidine rings is 1. The summed E-state index contributed by atoms with van der Waals surface area (Å²) in [5, 5.41) is 11.6. The summed E-state index contributed by atoms with van der Waals surface area (Å²) in [4.78, 5) is 31.3. The summed E-state index contributed by atoms with van der Waals surface area (Å²) in [5.41, 5.74) is 4.90. The smallest absolute Gasteiger partial charge is 0.310 e. The van der Waals surface area contributed by atoms with E-state index in [-0.39, 0.29) is 18.5 Å². The highest BCUT2D eigenvalue weighted by atomic mass is 16.4. The van der Waals surface area contributed by atoms with Gasteiger partial charge in [-0.05, 0) is 36.7 Å². The van der Waals surface area contributed by atoms with Crippen molar-refractivity contribution in [1.82, 2.24) is 15.3 Å². The van der Waals surface area contributed by atoms with Crippen LogP contribution >= 0.6 is 0 Å². The van der Waals surface area contributed by atoms with Crippen molar-refractivity contribution in [2.45, 2.75) is 43.8 Å². The molecule has 0 amide bonds. The number of carboxylic acid groups (broad SMARTS) is 1. The number of hydrazine groups is 1. The molecule has 6 unspecified atom stereocenters. The molecule has 32 heavy (non-hydrogen) atoms. The Morgan fingerprint density at radius 3 is 2.81 bits per heavy atom. The molecule has 3 fully saturated rings. The molecule has 0 aliphatic carbocycles. The molecule has 5 rings (SSSR count). The Morgan fingerprint density at radius 1 is 1.22 bits per heavy atom. The lowest BCUT2D eigenvalue weighted by Gasteiger charge is -2.38. The van der Waals surface area contributed by atoms with Gasteiger partial charge in [0.15, 0.2) is 0 Å². The van der Waals surface area contributed by atoms with Gasteiger partial charge in [0.2, 0.25) is 6.04 Å². The number of nitrogens with zero attached hydrogens (tertiary/aromatic N) is 4. The van der Waals surface area contributed by atoms with Crippen LogP contribution in [0.15, 0.2) is 35.3 Å². The molecule has 8 heteroatoms. The van der Waals surface area contributed by atoms with Crippen molar-refractivity contribution >= 4 is 12.2 Å². The highest BCUT2D eigenvalue weighted by Crippen LogP contribution is 2.42. The summed E-state index contributed by atoms with van der Waals surface area (Å²) in [5.74, 6) is 0.554. The van der Waals surface area contributed by atoms with Gasteiger partial charge in [-0.3, -0.25) is 15.2 Å². The highest BCUT2D eigenvalue weighted by Gasteiger charge is 2.57. The van der Waals surface area contributed by atoms with Gasteiger partial charge in [0.1, 0.15) is 6.42 Å². The van der Waals surface area contributed by atoms with Gasteiger partial charge in [0.05, 0.1) is 6.54 Å². The lowest BCUT2D eigenvalue weighted by molar-refractivity contribution is -0.618. The van der Waals surface area contributed by atoms with E-state index in [9.17, 15) is 14.8 Å². The maximum absolute atomic E-state index is 13.2. The Balaban J connectivity index is 1.33. The first kappa shape index (κ1) is 21.7. The van der Waals surface area contributed by atoms with Crippen molar-refractivity contribution in [2.75, 3.05) is 39.3 Å². The van der Waals surface area contributed by atoms with Gasteiger partial charge < -0.3 is 5.11 Å². The SMILES string of the molecule is O=C(O)CC1CN2CC(c3ccccc3)CC(C3CNN(CC4C=NCCC4)C3)C2[N+]1=O. The van der Waals surface area contributed by atoms with Crippen molar-refractivity contribution in [1.29, 1.82) is 0 Å². The molecule has 4 aliphatic heterocycles. The summed E-state index contributed by atoms with van der Waals surface area (Å²) >= 11 is 0. The van der Waals surface area contributed by atoms with E-state index in [0.29, 0.717) is 24.3 Å². The van der Waals surface area contributed by atoms with Crippen molar-refractivity contribution in [3.63, 3.8) is 0 Å². The summed E-state index contributed by atoms with van der Waals surface area (Å²) < 4.78 is 1.12. The Labute approximate surface area is 189 Å². The number of hydrogen-bond donors (Lipinski definition) is 2. The second-order valence-corrected chi connectivity index (χ2v) is 9.97. The van der Waals surface area contributed by atoms with E-state index < -0.39 is 12.0 Å². The largest absolute Gasteiger partial charge is 0.481 e. The van der Waals surface area contributed by atoms with Crippen LogP contribution in [0.1, 0.15) is 37.2 Å². The van der Waals surface area contributed by atoms with Crippen LogP contribution in [0.25, 0.3) is 0 Å². The molecule has 4 heterocycles. The molecule has 172 valence electrons. The van der Waals surface area contributed by atoms with Crippen LogP contribution in [-0.4, -0.2) is 83.4 Å². The second kappa shape index (κ2) is 9.37. The summed E-state index contributed by atoms with van der Waals surface area (Å²) in [6.07, 6.45) is 5.12. The van der Waals surface area contributed by atoms with Crippen molar-refractivity contribution < 1.29 is 14.7 Å². The number of carbonyl (C=O) groups is 1. The summed E-state index contributed by atoms with van der Waals surface area (Å²) in [7, 11) is 0. The summed E-state index contributed by atoms with van der Waals surface area (Å²) in [6, 6.07) is 10.1. The Kier molecular flexibility index (Phi) is 6.35. The van der Waals surface area contributed by atoms with Crippen molar-refractivity contribution in [3.8, 4) is 0 Å². The quantitative estimate of drug-likeness (QED) is 0.658. The van der Waals surface area contributed by atoms with Crippen LogP contribution in [0.4, 0.5) is 0 Å². The van der Waals surface area contributed by atoms with Gasteiger partial charge >= 0.3 is 5.97 Å². The van der Waals surface area contributed by atoms with Crippen LogP contribution < -0.4 is 5.43 Å². The number of carboxylic acids is 1. The standard InChI is InChI=1S/C24H33N5O3/c30-23(31)10-21-16-27-14-19(18-6-2-1-3-7-18)9-22(24(27)29(21)32)20-12-26-28(15-20)13-17-5-4-8-25-11-17/h1-3,6-7,11,17,19-22,24,26H,4-5,8-10,12-16H2/p+1. The van der Waals surface area contributed by atoms with Crippen LogP contribution in [0.2, 0.25) is 0 Å². The van der Waals surface area contributed by atoms with Gasteiger partial charge in [0, 0.05) is 60.4 Å². The van der Waals surface area contributed by atoms with E-state index in [1.54, 1.807) is 0 Å². The predicted octanol–water partition coefficient (Wildman–Crippen LogP) is 1.97. The number of nitrogens with one attached hydrogen (secondary N) is 1. The highest BCUT2D eigenvalue weighted by molar-refractivity contribution is 5.67. The van der Waals surface area contributed by atoms with Crippen LogP contribution in [0.5, 0.6) is 0 Å². The molecule has 0 bridgehead atoms. The molecular formula is C24H34N5O3+. The van der Waals surface area contributed by atoms with Crippen LogP contribution in [0.3, 0.4) is 0 Å². The fourth-order valence-electron chi connectivity index (χ4n) is 6.29. The van der Waals surface area contributed by atoms with Crippen LogP contribution in [0, 0.1) is 22.7 Å². The molecule has 8 nitrogen and oxygen atoms in total. The number of fused-ring (bicyclic) bond motifs is 1.